The fraction of sp³-hybridized carbons (Fsp3) is 0.667. The van der Waals surface area contributed by atoms with Crippen molar-refractivity contribution < 1.29 is 9.53 Å². The van der Waals surface area contributed by atoms with Crippen molar-refractivity contribution in [2.45, 2.75) is 25.4 Å². The fourth-order valence-electron chi connectivity index (χ4n) is 1.55. The quantitative estimate of drug-likeness (QED) is 0.895. The van der Waals surface area contributed by atoms with Crippen LogP contribution < -0.4 is 5.32 Å². The van der Waals surface area contributed by atoms with Gasteiger partial charge in [-0.3, -0.25) is 4.79 Å². The van der Waals surface area contributed by atoms with Crippen molar-refractivity contribution in [2.24, 2.45) is 0 Å². The summed E-state index contributed by atoms with van der Waals surface area (Å²) in [5.74, 6) is -0.237. The van der Waals surface area contributed by atoms with Crippen molar-refractivity contribution in [3.05, 3.63) is 9.47 Å². The highest BCUT2D eigenvalue weighted by Gasteiger charge is 2.17. The number of amides is 1. The predicted octanol–water partition coefficient (Wildman–Crippen LogP) is 1.49. The van der Waals surface area contributed by atoms with E-state index in [1.165, 1.54) is 0 Å². The van der Waals surface area contributed by atoms with Gasteiger partial charge >= 0.3 is 0 Å². The summed E-state index contributed by atoms with van der Waals surface area (Å²) in [7, 11) is 0. The molecule has 0 saturated carbocycles. The zero-order valence-corrected chi connectivity index (χ0v) is 10.2. The second-order valence-corrected chi connectivity index (χ2v) is 5.12. The molecule has 1 N–H and O–H groups in total. The Balaban J connectivity index is 1.79. The molecule has 1 saturated heterocycles. The van der Waals surface area contributed by atoms with Gasteiger partial charge in [0.05, 0.1) is 6.10 Å². The van der Waals surface area contributed by atoms with Gasteiger partial charge < -0.3 is 10.1 Å². The van der Waals surface area contributed by atoms with Gasteiger partial charge in [0.25, 0.3) is 5.91 Å². The molecule has 1 amide bonds. The van der Waals surface area contributed by atoms with Crippen LogP contribution >= 0.6 is 22.9 Å². The molecule has 0 bridgehead atoms. The Labute approximate surface area is 102 Å². The second-order valence-electron chi connectivity index (χ2n) is 3.56. The maximum atomic E-state index is 11.6. The summed E-state index contributed by atoms with van der Waals surface area (Å²) in [6, 6.07) is 0. The lowest BCUT2D eigenvalue weighted by molar-refractivity contribution is 0.0169. The Hall–Kier alpha value is -0.720. The van der Waals surface area contributed by atoms with Crippen LogP contribution in [0.15, 0.2) is 0 Å². The molecule has 1 fully saturated rings. The Morgan fingerprint density at radius 3 is 3.06 bits per heavy atom. The van der Waals surface area contributed by atoms with E-state index in [0.29, 0.717) is 11.6 Å². The molecule has 1 aliphatic rings. The summed E-state index contributed by atoms with van der Waals surface area (Å²) < 4.78 is 5.77. The van der Waals surface area contributed by atoms with Crippen LogP contribution in [0.1, 0.15) is 29.1 Å². The minimum atomic E-state index is -0.237. The highest BCUT2D eigenvalue weighted by Crippen LogP contribution is 2.15. The third-order valence-corrected chi connectivity index (χ3v) is 3.38. The summed E-state index contributed by atoms with van der Waals surface area (Å²) in [4.78, 5) is 11.6. The molecule has 7 heteroatoms. The van der Waals surface area contributed by atoms with Crippen LogP contribution in [0.2, 0.25) is 4.47 Å². The monoisotopic (exact) mass is 261 g/mol. The van der Waals surface area contributed by atoms with E-state index in [1.807, 2.05) is 0 Å². The molecule has 2 heterocycles. The van der Waals surface area contributed by atoms with Gasteiger partial charge in [-0.05, 0) is 30.9 Å². The molecule has 88 valence electrons. The van der Waals surface area contributed by atoms with E-state index in [2.05, 4.69) is 15.5 Å². The van der Waals surface area contributed by atoms with E-state index in [1.54, 1.807) is 0 Å². The summed E-state index contributed by atoms with van der Waals surface area (Å²) in [6.45, 7) is 1.31. The lowest BCUT2D eigenvalue weighted by Crippen LogP contribution is -2.35. The second kappa shape index (κ2) is 5.56. The molecule has 16 heavy (non-hydrogen) atoms. The largest absolute Gasteiger partial charge is 0.376 e. The zero-order chi connectivity index (χ0) is 11.4. The zero-order valence-electron chi connectivity index (χ0n) is 8.61. The Kier molecular flexibility index (Phi) is 4.09. The number of aromatic nitrogens is 2. The van der Waals surface area contributed by atoms with Crippen LogP contribution in [0.25, 0.3) is 0 Å². The van der Waals surface area contributed by atoms with Crippen molar-refractivity contribution >= 4 is 28.8 Å². The van der Waals surface area contributed by atoms with E-state index in [9.17, 15) is 4.79 Å². The SMILES string of the molecule is O=C(NCC1CCCCO1)c1nnc(Cl)s1. The number of halogens is 1. The Morgan fingerprint density at radius 2 is 2.44 bits per heavy atom. The smallest absolute Gasteiger partial charge is 0.282 e. The Bertz CT molecular complexity index is 365. The summed E-state index contributed by atoms with van der Waals surface area (Å²) in [5, 5.41) is 10.3. The van der Waals surface area contributed by atoms with E-state index in [4.69, 9.17) is 16.3 Å². The highest BCUT2D eigenvalue weighted by molar-refractivity contribution is 7.17. The standard InChI is InChI=1S/C9H12ClN3O2S/c10-9-13-12-8(16-9)7(14)11-5-6-3-1-2-4-15-6/h6H,1-5H2,(H,11,14). The van der Waals surface area contributed by atoms with Gasteiger partial charge in [-0.1, -0.05) is 11.3 Å². The molecule has 0 spiro atoms. The van der Waals surface area contributed by atoms with Gasteiger partial charge in [-0.2, -0.15) is 0 Å². The molecular formula is C9H12ClN3O2S. The molecule has 0 aromatic carbocycles. The maximum Gasteiger partial charge on any atom is 0.282 e. The van der Waals surface area contributed by atoms with E-state index >= 15 is 0 Å². The number of rotatable bonds is 3. The van der Waals surface area contributed by atoms with Crippen LogP contribution in [-0.4, -0.2) is 35.4 Å². The fourth-order valence-corrected chi connectivity index (χ4v) is 2.29. The van der Waals surface area contributed by atoms with Crippen molar-refractivity contribution in [3.63, 3.8) is 0 Å². The Morgan fingerprint density at radius 1 is 1.56 bits per heavy atom. The van der Waals surface area contributed by atoms with Gasteiger partial charge in [0, 0.05) is 13.2 Å². The first kappa shape index (κ1) is 11.8. The van der Waals surface area contributed by atoms with E-state index in [-0.39, 0.29) is 16.5 Å². The van der Waals surface area contributed by atoms with Crippen LogP contribution in [0.3, 0.4) is 0 Å². The number of hydrogen-bond acceptors (Lipinski definition) is 5. The highest BCUT2D eigenvalue weighted by atomic mass is 35.5. The summed E-state index contributed by atoms with van der Waals surface area (Å²) in [5.41, 5.74) is 0. The van der Waals surface area contributed by atoms with Crippen LogP contribution in [0.4, 0.5) is 0 Å². The average molecular weight is 262 g/mol. The number of carbonyl (C=O) groups excluding carboxylic acids is 1. The molecular weight excluding hydrogens is 250 g/mol. The van der Waals surface area contributed by atoms with Crippen molar-refractivity contribution in [1.82, 2.24) is 15.5 Å². The van der Waals surface area contributed by atoms with E-state index < -0.39 is 0 Å². The third kappa shape index (κ3) is 3.13. The van der Waals surface area contributed by atoms with Crippen molar-refractivity contribution in [2.75, 3.05) is 13.2 Å². The number of nitrogens with one attached hydrogen (secondary N) is 1. The first-order valence-electron chi connectivity index (χ1n) is 5.14. The van der Waals surface area contributed by atoms with Gasteiger partial charge in [-0.25, -0.2) is 0 Å². The predicted molar refractivity (Wildman–Crippen MR) is 60.8 cm³/mol. The molecule has 0 radical (unpaired) electrons. The molecule has 1 atom stereocenters. The van der Waals surface area contributed by atoms with Crippen molar-refractivity contribution in [3.8, 4) is 0 Å². The molecule has 2 rings (SSSR count). The topological polar surface area (TPSA) is 64.1 Å². The minimum absolute atomic E-state index is 0.126. The minimum Gasteiger partial charge on any atom is -0.376 e. The van der Waals surface area contributed by atoms with Gasteiger partial charge in [0.15, 0.2) is 0 Å². The van der Waals surface area contributed by atoms with Gasteiger partial charge in [-0.15, -0.1) is 10.2 Å². The molecule has 0 aliphatic carbocycles. The van der Waals surface area contributed by atoms with E-state index in [0.717, 1.165) is 37.2 Å². The van der Waals surface area contributed by atoms with Gasteiger partial charge in [0.2, 0.25) is 9.47 Å². The molecule has 1 aliphatic heterocycles. The number of hydrogen-bond donors (Lipinski definition) is 1. The lowest BCUT2D eigenvalue weighted by atomic mass is 10.1. The molecule has 1 aromatic rings. The molecule has 5 nitrogen and oxygen atoms in total. The normalized spacial score (nSPS) is 20.7. The lowest BCUT2D eigenvalue weighted by Gasteiger charge is -2.22. The summed E-state index contributed by atoms with van der Waals surface area (Å²) >= 11 is 6.67. The average Bonchev–Trinajstić information content (AvgIpc) is 2.74. The molecule has 1 unspecified atom stereocenters. The van der Waals surface area contributed by atoms with Gasteiger partial charge in [0.1, 0.15) is 0 Å². The maximum absolute atomic E-state index is 11.6. The van der Waals surface area contributed by atoms with Crippen LogP contribution in [0, 0.1) is 0 Å². The number of nitrogens with zero attached hydrogens (tertiary/aromatic N) is 2. The number of ether oxygens (including phenoxy) is 1. The third-order valence-electron chi connectivity index (χ3n) is 2.36. The van der Waals surface area contributed by atoms with Crippen LogP contribution in [0.5, 0.6) is 0 Å². The first-order chi connectivity index (χ1) is 7.75. The summed E-state index contributed by atoms with van der Waals surface area (Å²) in [6.07, 6.45) is 3.39. The number of carbonyl (C=O) groups is 1. The first-order valence-corrected chi connectivity index (χ1v) is 6.34. The van der Waals surface area contributed by atoms with Crippen molar-refractivity contribution in [1.29, 1.82) is 0 Å². The van der Waals surface area contributed by atoms with Crippen LogP contribution in [-0.2, 0) is 4.74 Å². The molecule has 1 aromatic heterocycles.